The number of hydrogen-bond acceptors (Lipinski definition) is 2. The summed E-state index contributed by atoms with van der Waals surface area (Å²) < 4.78 is 3.25. The molecule has 0 saturated heterocycles. The van der Waals surface area contributed by atoms with E-state index in [9.17, 15) is 5.11 Å². The van der Waals surface area contributed by atoms with Gasteiger partial charge in [-0.2, -0.15) is 0 Å². The van der Waals surface area contributed by atoms with Crippen molar-refractivity contribution >= 4 is 49.8 Å². The van der Waals surface area contributed by atoms with Gasteiger partial charge in [0.05, 0.1) is 18.7 Å². The van der Waals surface area contributed by atoms with Crippen LogP contribution in [-0.4, -0.2) is 9.67 Å². The van der Waals surface area contributed by atoms with Gasteiger partial charge in [0.15, 0.2) is 0 Å². The first-order chi connectivity index (χ1) is 9.19. The summed E-state index contributed by atoms with van der Waals surface area (Å²) in [5.41, 5.74) is 1.98. The van der Waals surface area contributed by atoms with Crippen LogP contribution in [0.25, 0.3) is 10.9 Å². The van der Waals surface area contributed by atoms with Crippen LogP contribution < -0.4 is 0 Å². The molecule has 0 aliphatic carbocycles. The lowest BCUT2D eigenvalue weighted by atomic mass is 10.2. The number of benzene rings is 1. The number of nitrogens with zero attached hydrogens (tertiary/aromatic N) is 1. The molecule has 0 atom stereocenters. The molecule has 0 spiro atoms. The standard InChI is InChI=1S/C14H11BrClNOS/c15-12-3-4-19-14(12)7-17-6-9(8-18)11-2-1-10(16)5-13(11)17/h1-6,18H,7-8H2. The molecule has 1 aromatic carbocycles. The largest absolute Gasteiger partial charge is 0.392 e. The van der Waals surface area contributed by atoms with Gasteiger partial charge in [0.1, 0.15) is 0 Å². The SMILES string of the molecule is OCc1cn(Cc2sccc2Br)c2cc(Cl)ccc12. The normalized spacial score (nSPS) is 11.3. The molecule has 0 aliphatic rings. The molecular weight excluding hydrogens is 346 g/mol. The second kappa shape index (κ2) is 5.29. The highest BCUT2D eigenvalue weighted by Gasteiger charge is 2.10. The molecule has 19 heavy (non-hydrogen) atoms. The van der Waals surface area contributed by atoms with Gasteiger partial charge in [0.2, 0.25) is 0 Å². The van der Waals surface area contributed by atoms with E-state index in [4.69, 9.17) is 11.6 Å². The summed E-state index contributed by atoms with van der Waals surface area (Å²) in [6.45, 7) is 0.811. The first-order valence-corrected chi connectivity index (χ1v) is 7.84. The van der Waals surface area contributed by atoms with Crippen LogP contribution in [0.1, 0.15) is 10.4 Å². The molecule has 0 fully saturated rings. The topological polar surface area (TPSA) is 25.2 Å². The molecule has 2 aromatic heterocycles. The molecule has 98 valence electrons. The molecule has 0 amide bonds. The van der Waals surface area contributed by atoms with Crippen molar-refractivity contribution in [1.82, 2.24) is 4.57 Å². The van der Waals surface area contributed by atoms with Gasteiger partial charge in [-0.05, 0) is 39.5 Å². The number of rotatable bonds is 3. The van der Waals surface area contributed by atoms with Gasteiger partial charge in [-0.15, -0.1) is 11.3 Å². The van der Waals surface area contributed by atoms with Crippen molar-refractivity contribution in [2.24, 2.45) is 0 Å². The van der Waals surface area contributed by atoms with E-state index in [2.05, 4.69) is 25.9 Å². The minimum Gasteiger partial charge on any atom is -0.392 e. The van der Waals surface area contributed by atoms with Gasteiger partial charge in [0, 0.05) is 31.5 Å². The van der Waals surface area contributed by atoms with E-state index in [1.807, 2.05) is 30.5 Å². The smallest absolute Gasteiger partial charge is 0.0702 e. The number of aromatic nitrogens is 1. The Morgan fingerprint density at radius 1 is 1.32 bits per heavy atom. The van der Waals surface area contributed by atoms with Crippen LogP contribution >= 0.6 is 38.9 Å². The molecule has 0 bridgehead atoms. The third-order valence-corrected chi connectivity index (χ3v) is 5.25. The zero-order chi connectivity index (χ0) is 13.4. The van der Waals surface area contributed by atoms with E-state index in [-0.39, 0.29) is 6.61 Å². The third-order valence-electron chi connectivity index (χ3n) is 3.10. The number of hydrogen-bond donors (Lipinski definition) is 1. The maximum Gasteiger partial charge on any atom is 0.0702 e. The van der Waals surface area contributed by atoms with E-state index in [1.54, 1.807) is 11.3 Å². The Bertz CT molecular complexity index is 734. The van der Waals surface area contributed by atoms with Gasteiger partial charge < -0.3 is 9.67 Å². The number of fused-ring (bicyclic) bond motifs is 1. The summed E-state index contributed by atoms with van der Waals surface area (Å²) in [5.74, 6) is 0. The Hall–Kier alpha value is -0.810. The third kappa shape index (κ3) is 2.46. The maximum atomic E-state index is 9.45. The molecule has 5 heteroatoms. The maximum absolute atomic E-state index is 9.45. The lowest BCUT2D eigenvalue weighted by molar-refractivity contribution is 0.283. The quantitative estimate of drug-likeness (QED) is 0.725. The van der Waals surface area contributed by atoms with E-state index >= 15 is 0 Å². The predicted molar refractivity (Wildman–Crippen MR) is 84.0 cm³/mol. The summed E-state index contributed by atoms with van der Waals surface area (Å²) in [4.78, 5) is 1.25. The number of aliphatic hydroxyl groups is 1. The van der Waals surface area contributed by atoms with E-state index in [1.165, 1.54) is 4.88 Å². The molecule has 0 aliphatic heterocycles. The predicted octanol–water partition coefficient (Wildman–Crippen LogP) is 4.66. The lowest BCUT2D eigenvalue weighted by Crippen LogP contribution is -1.96. The summed E-state index contributed by atoms with van der Waals surface area (Å²) in [5, 5.41) is 13.3. The molecule has 3 rings (SSSR count). The van der Waals surface area contributed by atoms with Gasteiger partial charge in [0.25, 0.3) is 0 Å². The zero-order valence-corrected chi connectivity index (χ0v) is 13.1. The van der Waals surface area contributed by atoms with Crippen molar-refractivity contribution in [1.29, 1.82) is 0 Å². The second-order valence-corrected chi connectivity index (χ2v) is 6.58. The Kier molecular flexibility index (Phi) is 3.67. The van der Waals surface area contributed by atoms with Crippen molar-refractivity contribution in [2.45, 2.75) is 13.2 Å². The monoisotopic (exact) mass is 355 g/mol. The van der Waals surface area contributed by atoms with Crippen LogP contribution in [0.5, 0.6) is 0 Å². The zero-order valence-electron chi connectivity index (χ0n) is 9.94. The molecule has 3 aromatic rings. The molecule has 0 unspecified atom stereocenters. The van der Waals surface area contributed by atoms with Crippen LogP contribution in [0.2, 0.25) is 5.02 Å². The molecular formula is C14H11BrClNOS. The van der Waals surface area contributed by atoms with Gasteiger partial charge >= 0.3 is 0 Å². The molecule has 0 radical (unpaired) electrons. The minimum absolute atomic E-state index is 0.0384. The number of aliphatic hydroxyl groups excluding tert-OH is 1. The van der Waals surface area contributed by atoms with Crippen molar-refractivity contribution < 1.29 is 5.11 Å². The van der Waals surface area contributed by atoms with Crippen molar-refractivity contribution in [3.63, 3.8) is 0 Å². The number of halogens is 2. The highest BCUT2D eigenvalue weighted by Crippen LogP contribution is 2.29. The molecule has 0 saturated carbocycles. The molecule has 2 heterocycles. The van der Waals surface area contributed by atoms with Crippen molar-refractivity contribution in [3.8, 4) is 0 Å². The first kappa shape index (κ1) is 13.2. The molecule has 2 nitrogen and oxygen atoms in total. The lowest BCUT2D eigenvalue weighted by Gasteiger charge is -2.04. The van der Waals surface area contributed by atoms with E-state index in [0.29, 0.717) is 5.02 Å². The van der Waals surface area contributed by atoms with Gasteiger partial charge in [-0.1, -0.05) is 17.7 Å². The average molecular weight is 357 g/mol. The van der Waals surface area contributed by atoms with E-state index in [0.717, 1.165) is 27.5 Å². The van der Waals surface area contributed by atoms with Crippen LogP contribution in [0.15, 0.2) is 40.3 Å². The van der Waals surface area contributed by atoms with Crippen LogP contribution in [0.4, 0.5) is 0 Å². The van der Waals surface area contributed by atoms with Crippen molar-refractivity contribution in [3.05, 3.63) is 55.8 Å². The summed E-state index contributed by atoms with van der Waals surface area (Å²) in [7, 11) is 0. The fraction of sp³-hybridized carbons (Fsp3) is 0.143. The van der Waals surface area contributed by atoms with Crippen LogP contribution in [0.3, 0.4) is 0 Å². The summed E-state index contributed by atoms with van der Waals surface area (Å²) >= 11 is 11.3. The summed E-state index contributed by atoms with van der Waals surface area (Å²) in [6, 6.07) is 7.81. The number of thiophene rings is 1. The van der Waals surface area contributed by atoms with Crippen molar-refractivity contribution in [2.75, 3.05) is 0 Å². The Balaban J connectivity index is 2.12. The van der Waals surface area contributed by atoms with Gasteiger partial charge in [-0.25, -0.2) is 0 Å². The highest BCUT2D eigenvalue weighted by atomic mass is 79.9. The van der Waals surface area contributed by atoms with Crippen LogP contribution in [-0.2, 0) is 13.2 Å². The fourth-order valence-corrected chi connectivity index (χ4v) is 3.83. The first-order valence-electron chi connectivity index (χ1n) is 5.79. The molecule has 1 N–H and O–H groups in total. The Labute approximate surface area is 128 Å². The minimum atomic E-state index is 0.0384. The van der Waals surface area contributed by atoms with Crippen LogP contribution in [0, 0.1) is 0 Å². The Morgan fingerprint density at radius 3 is 2.84 bits per heavy atom. The second-order valence-electron chi connectivity index (χ2n) is 4.29. The Morgan fingerprint density at radius 2 is 2.16 bits per heavy atom. The van der Waals surface area contributed by atoms with Gasteiger partial charge in [-0.3, -0.25) is 0 Å². The fourth-order valence-electron chi connectivity index (χ4n) is 2.19. The summed E-state index contributed by atoms with van der Waals surface area (Å²) in [6.07, 6.45) is 1.99. The average Bonchev–Trinajstić information content (AvgIpc) is 2.95. The highest BCUT2D eigenvalue weighted by molar-refractivity contribution is 9.10. The van der Waals surface area contributed by atoms with E-state index < -0.39 is 0 Å².